The van der Waals surface area contributed by atoms with Crippen molar-refractivity contribution in [3.8, 4) is 0 Å². The molecule has 2 aliphatic rings. The molecule has 2 rings (SSSR count). The highest BCUT2D eigenvalue weighted by molar-refractivity contribution is 5.80. The van der Waals surface area contributed by atoms with Crippen molar-refractivity contribution < 1.29 is 9.59 Å². The summed E-state index contributed by atoms with van der Waals surface area (Å²) < 4.78 is 0. The monoisotopic (exact) mass is 253 g/mol. The lowest BCUT2D eigenvalue weighted by atomic mass is 9.97. The van der Waals surface area contributed by atoms with Crippen LogP contribution in [0.5, 0.6) is 0 Å². The summed E-state index contributed by atoms with van der Waals surface area (Å²) in [6.45, 7) is 1.32. The van der Waals surface area contributed by atoms with Gasteiger partial charge in [-0.05, 0) is 25.7 Å². The molecule has 0 radical (unpaired) electrons. The van der Waals surface area contributed by atoms with E-state index < -0.39 is 0 Å². The standard InChI is InChI=1S/C13H23N3O2/c1-14-12(17)10-5-4-8-16(9-10)13(18)15-11-6-2-3-7-11/h10-11H,2-9H2,1H3,(H,14,17)(H,15,18)/t10-/m1/s1. The Morgan fingerprint density at radius 2 is 1.83 bits per heavy atom. The minimum Gasteiger partial charge on any atom is -0.359 e. The van der Waals surface area contributed by atoms with Gasteiger partial charge in [0.25, 0.3) is 0 Å². The summed E-state index contributed by atoms with van der Waals surface area (Å²) in [5.74, 6) is 0.00597. The molecule has 1 saturated carbocycles. The fraction of sp³-hybridized carbons (Fsp3) is 0.846. The molecule has 2 N–H and O–H groups in total. The molecule has 0 aromatic heterocycles. The van der Waals surface area contributed by atoms with Crippen LogP contribution in [0, 0.1) is 5.92 Å². The van der Waals surface area contributed by atoms with Crippen LogP contribution in [-0.4, -0.2) is 43.0 Å². The summed E-state index contributed by atoms with van der Waals surface area (Å²) in [6, 6.07) is 0.355. The third kappa shape index (κ3) is 3.15. The van der Waals surface area contributed by atoms with Gasteiger partial charge in [-0.1, -0.05) is 12.8 Å². The zero-order valence-corrected chi connectivity index (χ0v) is 11.1. The number of piperidine rings is 1. The summed E-state index contributed by atoms with van der Waals surface area (Å²) in [5.41, 5.74) is 0. The Morgan fingerprint density at radius 1 is 1.11 bits per heavy atom. The first-order chi connectivity index (χ1) is 8.70. The number of nitrogens with zero attached hydrogens (tertiary/aromatic N) is 1. The summed E-state index contributed by atoms with van der Waals surface area (Å²) >= 11 is 0. The molecule has 2 fully saturated rings. The van der Waals surface area contributed by atoms with E-state index in [9.17, 15) is 9.59 Å². The van der Waals surface area contributed by atoms with E-state index in [0.717, 1.165) is 32.2 Å². The first-order valence-electron chi connectivity index (χ1n) is 6.97. The van der Waals surface area contributed by atoms with Crippen LogP contribution < -0.4 is 10.6 Å². The topological polar surface area (TPSA) is 61.4 Å². The Kier molecular flexibility index (Phi) is 4.44. The Balaban J connectivity index is 1.83. The maximum atomic E-state index is 12.1. The third-order valence-electron chi connectivity index (χ3n) is 4.01. The number of hydrogen-bond acceptors (Lipinski definition) is 2. The summed E-state index contributed by atoms with van der Waals surface area (Å²) in [6.07, 6.45) is 6.41. The minimum atomic E-state index is -0.0434. The molecule has 1 saturated heterocycles. The highest BCUT2D eigenvalue weighted by Gasteiger charge is 2.29. The Morgan fingerprint density at radius 3 is 2.50 bits per heavy atom. The number of amides is 3. The van der Waals surface area contributed by atoms with Crippen molar-refractivity contribution in [3.63, 3.8) is 0 Å². The molecule has 1 atom stereocenters. The van der Waals surface area contributed by atoms with E-state index in [2.05, 4.69) is 10.6 Å². The number of rotatable bonds is 2. The molecule has 18 heavy (non-hydrogen) atoms. The van der Waals surface area contributed by atoms with Crippen LogP contribution >= 0.6 is 0 Å². The van der Waals surface area contributed by atoms with Gasteiger partial charge in [0, 0.05) is 26.2 Å². The minimum absolute atomic E-state index is 0.00973. The van der Waals surface area contributed by atoms with E-state index in [1.807, 2.05) is 0 Å². The molecule has 0 spiro atoms. The first kappa shape index (κ1) is 13.2. The fourth-order valence-electron chi connectivity index (χ4n) is 2.92. The van der Waals surface area contributed by atoms with E-state index >= 15 is 0 Å². The molecule has 0 aromatic carbocycles. The molecule has 102 valence electrons. The van der Waals surface area contributed by atoms with E-state index in [1.54, 1.807) is 11.9 Å². The molecule has 1 heterocycles. The van der Waals surface area contributed by atoms with Crippen LogP contribution in [0.2, 0.25) is 0 Å². The Labute approximate surface area is 108 Å². The smallest absolute Gasteiger partial charge is 0.317 e. The summed E-state index contributed by atoms with van der Waals surface area (Å²) in [7, 11) is 1.65. The van der Waals surface area contributed by atoms with Gasteiger partial charge in [-0.25, -0.2) is 4.79 Å². The summed E-state index contributed by atoms with van der Waals surface area (Å²) in [5, 5.41) is 5.75. The van der Waals surface area contributed by atoms with Crippen LogP contribution in [-0.2, 0) is 4.79 Å². The predicted octanol–water partition coefficient (Wildman–Crippen LogP) is 1.10. The van der Waals surface area contributed by atoms with Gasteiger partial charge in [-0.15, -0.1) is 0 Å². The van der Waals surface area contributed by atoms with E-state index in [1.165, 1.54) is 12.8 Å². The van der Waals surface area contributed by atoms with Crippen molar-refractivity contribution in [2.75, 3.05) is 20.1 Å². The maximum Gasteiger partial charge on any atom is 0.317 e. The van der Waals surface area contributed by atoms with Crippen molar-refractivity contribution in [3.05, 3.63) is 0 Å². The lowest BCUT2D eigenvalue weighted by Crippen LogP contribution is -2.50. The van der Waals surface area contributed by atoms with E-state index in [0.29, 0.717) is 12.6 Å². The number of nitrogens with one attached hydrogen (secondary N) is 2. The fourth-order valence-corrected chi connectivity index (χ4v) is 2.92. The van der Waals surface area contributed by atoms with Crippen molar-refractivity contribution >= 4 is 11.9 Å². The molecule has 3 amide bonds. The number of likely N-dealkylation sites (tertiary alicyclic amines) is 1. The maximum absolute atomic E-state index is 12.1. The molecule has 0 unspecified atom stereocenters. The van der Waals surface area contributed by atoms with Crippen molar-refractivity contribution in [2.24, 2.45) is 5.92 Å². The van der Waals surface area contributed by atoms with Crippen LogP contribution in [0.3, 0.4) is 0 Å². The number of hydrogen-bond donors (Lipinski definition) is 2. The molecule has 5 nitrogen and oxygen atoms in total. The lowest BCUT2D eigenvalue weighted by molar-refractivity contribution is -0.125. The number of carbonyl (C=O) groups is 2. The highest BCUT2D eigenvalue weighted by Crippen LogP contribution is 2.20. The second kappa shape index (κ2) is 6.07. The average molecular weight is 253 g/mol. The molecular weight excluding hydrogens is 230 g/mol. The molecule has 0 bridgehead atoms. The van der Waals surface area contributed by atoms with Crippen LogP contribution in [0.1, 0.15) is 38.5 Å². The van der Waals surface area contributed by atoms with Gasteiger partial charge in [-0.2, -0.15) is 0 Å². The number of urea groups is 1. The lowest BCUT2D eigenvalue weighted by Gasteiger charge is -2.32. The Hall–Kier alpha value is -1.26. The molecule has 0 aromatic rings. The van der Waals surface area contributed by atoms with Crippen molar-refractivity contribution in [2.45, 2.75) is 44.6 Å². The third-order valence-corrected chi connectivity index (χ3v) is 4.01. The zero-order valence-electron chi connectivity index (χ0n) is 11.1. The SMILES string of the molecule is CNC(=O)[C@@H]1CCCN(C(=O)NC2CCCC2)C1. The van der Waals surface area contributed by atoms with Gasteiger partial charge in [-0.3, -0.25) is 4.79 Å². The van der Waals surface area contributed by atoms with Crippen molar-refractivity contribution in [1.29, 1.82) is 0 Å². The van der Waals surface area contributed by atoms with Gasteiger partial charge < -0.3 is 15.5 Å². The van der Waals surface area contributed by atoms with Gasteiger partial charge in [0.1, 0.15) is 0 Å². The molecular formula is C13H23N3O2. The zero-order chi connectivity index (χ0) is 13.0. The quantitative estimate of drug-likeness (QED) is 0.774. The van der Waals surface area contributed by atoms with E-state index in [-0.39, 0.29) is 17.9 Å². The second-order valence-corrected chi connectivity index (χ2v) is 5.33. The van der Waals surface area contributed by atoms with Crippen LogP contribution in [0.4, 0.5) is 4.79 Å². The highest BCUT2D eigenvalue weighted by atomic mass is 16.2. The number of carbonyl (C=O) groups excluding carboxylic acids is 2. The van der Waals surface area contributed by atoms with Gasteiger partial charge in [0.05, 0.1) is 5.92 Å². The molecule has 1 aliphatic heterocycles. The largest absolute Gasteiger partial charge is 0.359 e. The average Bonchev–Trinajstić information content (AvgIpc) is 2.90. The van der Waals surface area contributed by atoms with Crippen LogP contribution in [0.15, 0.2) is 0 Å². The van der Waals surface area contributed by atoms with Gasteiger partial charge in [0.2, 0.25) is 5.91 Å². The molecule has 1 aliphatic carbocycles. The van der Waals surface area contributed by atoms with Gasteiger partial charge in [0.15, 0.2) is 0 Å². The first-order valence-corrected chi connectivity index (χ1v) is 6.97. The normalized spacial score (nSPS) is 24.9. The predicted molar refractivity (Wildman–Crippen MR) is 69.2 cm³/mol. The second-order valence-electron chi connectivity index (χ2n) is 5.33. The van der Waals surface area contributed by atoms with Gasteiger partial charge >= 0.3 is 6.03 Å². The van der Waals surface area contributed by atoms with Crippen molar-refractivity contribution in [1.82, 2.24) is 15.5 Å². The Bertz CT molecular complexity index is 313. The molecule has 5 heteroatoms. The summed E-state index contributed by atoms with van der Waals surface area (Å²) in [4.78, 5) is 25.5. The van der Waals surface area contributed by atoms with Crippen LogP contribution in [0.25, 0.3) is 0 Å². The van der Waals surface area contributed by atoms with E-state index in [4.69, 9.17) is 0 Å².